The molecule has 3 heteroatoms. The average molecular weight is 279 g/mol. The van der Waals surface area contributed by atoms with E-state index < -0.39 is 0 Å². The van der Waals surface area contributed by atoms with E-state index in [-0.39, 0.29) is 17.3 Å². The van der Waals surface area contributed by atoms with Gasteiger partial charge in [-0.25, -0.2) is 0 Å². The third kappa shape index (κ3) is 3.29. The van der Waals surface area contributed by atoms with Gasteiger partial charge >= 0.3 is 0 Å². The van der Waals surface area contributed by atoms with Gasteiger partial charge in [0.05, 0.1) is 12.7 Å². The molecule has 0 aliphatic carbocycles. The highest BCUT2D eigenvalue weighted by molar-refractivity contribution is 6.04. The Hall–Kier alpha value is -2.60. The number of carbonyl (C=O) groups excluding carboxylic acids is 1. The van der Waals surface area contributed by atoms with Crippen LogP contribution in [0, 0.1) is 17.2 Å². The summed E-state index contributed by atoms with van der Waals surface area (Å²) in [4.78, 5) is 11.9. The summed E-state index contributed by atoms with van der Waals surface area (Å²) in [6.07, 6.45) is 1.64. The van der Waals surface area contributed by atoms with Crippen molar-refractivity contribution in [1.29, 1.82) is 5.26 Å². The van der Waals surface area contributed by atoms with Gasteiger partial charge in [-0.2, -0.15) is 5.26 Å². The fourth-order valence-corrected chi connectivity index (χ4v) is 2.10. The van der Waals surface area contributed by atoms with Crippen molar-refractivity contribution in [2.75, 3.05) is 7.11 Å². The number of allylic oxidation sites excluding steroid dienone is 1. The molecule has 0 unspecified atom stereocenters. The molecule has 21 heavy (non-hydrogen) atoms. The highest BCUT2D eigenvalue weighted by Gasteiger charge is 2.13. The van der Waals surface area contributed by atoms with Crippen LogP contribution < -0.4 is 4.74 Å². The van der Waals surface area contributed by atoms with Crippen molar-refractivity contribution in [2.45, 2.75) is 13.8 Å². The molecule has 0 bridgehead atoms. The molecule has 0 spiro atoms. The molecule has 0 radical (unpaired) electrons. The molecule has 0 amide bonds. The lowest BCUT2D eigenvalue weighted by Gasteiger charge is -2.05. The fraction of sp³-hybridized carbons (Fsp3) is 0.222. The number of hydrogen-bond acceptors (Lipinski definition) is 3. The lowest BCUT2D eigenvalue weighted by atomic mass is 9.99. The topological polar surface area (TPSA) is 50.1 Å². The van der Waals surface area contributed by atoms with E-state index in [0.29, 0.717) is 0 Å². The van der Waals surface area contributed by atoms with Crippen molar-refractivity contribution < 1.29 is 9.53 Å². The molecule has 0 aromatic heterocycles. The van der Waals surface area contributed by atoms with Crippen LogP contribution in [0.15, 0.2) is 42.0 Å². The summed E-state index contributed by atoms with van der Waals surface area (Å²) in [6.45, 7) is 3.58. The Balaban J connectivity index is 2.43. The Kier molecular flexibility index (Phi) is 4.39. The fourth-order valence-electron chi connectivity index (χ4n) is 2.10. The number of carbonyl (C=O) groups is 1. The number of nitrogens with zero attached hydrogens (tertiary/aromatic N) is 1. The molecule has 2 aromatic rings. The maximum absolute atomic E-state index is 11.9. The first-order chi connectivity index (χ1) is 10.0. The van der Waals surface area contributed by atoms with Crippen molar-refractivity contribution in [3.05, 3.63) is 47.5 Å². The Morgan fingerprint density at radius 3 is 2.48 bits per heavy atom. The van der Waals surface area contributed by atoms with E-state index in [4.69, 9.17) is 10.00 Å². The number of fused-ring (bicyclic) bond motifs is 1. The van der Waals surface area contributed by atoms with Gasteiger partial charge in [-0.3, -0.25) is 4.79 Å². The summed E-state index contributed by atoms with van der Waals surface area (Å²) in [6, 6.07) is 13.6. The maximum atomic E-state index is 11.9. The van der Waals surface area contributed by atoms with Gasteiger partial charge in [0.15, 0.2) is 5.78 Å². The van der Waals surface area contributed by atoms with Crippen LogP contribution in [0.3, 0.4) is 0 Å². The standard InChI is InChI=1S/C18H17NO2/c1-12(2)18(20)16(11-19)9-13-4-5-15-10-17(21-3)7-6-14(15)8-13/h4-10,12H,1-3H3/b16-9+. The Morgan fingerprint density at radius 1 is 1.19 bits per heavy atom. The summed E-state index contributed by atoms with van der Waals surface area (Å²) in [5, 5.41) is 11.2. The van der Waals surface area contributed by atoms with Gasteiger partial charge in [0.2, 0.25) is 0 Å². The van der Waals surface area contributed by atoms with Gasteiger partial charge in [0, 0.05) is 5.92 Å². The number of nitriles is 1. The first kappa shape index (κ1) is 14.8. The number of benzene rings is 2. The summed E-state index contributed by atoms with van der Waals surface area (Å²) in [5.74, 6) is 0.492. The van der Waals surface area contributed by atoms with E-state index in [1.165, 1.54) is 0 Å². The number of rotatable bonds is 4. The van der Waals surface area contributed by atoms with Crippen LogP contribution in [0.2, 0.25) is 0 Å². The predicted molar refractivity (Wildman–Crippen MR) is 83.9 cm³/mol. The van der Waals surface area contributed by atoms with Gasteiger partial charge < -0.3 is 4.74 Å². The van der Waals surface area contributed by atoms with Crippen LogP contribution in [0.5, 0.6) is 5.75 Å². The highest BCUT2D eigenvalue weighted by Crippen LogP contribution is 2.23. The highest BCUT2D eigenvalue weighted by atomic mass is 16.5. The Labute approximate surface area is 124 Å². The summed E-state index contributed by atoms with van der Waals surface area (Å²) in [5.41, 5.74) is 1.04. The van der Waals surface area contributed by atoms with Gasteiger partial charge in [0.25, 0.3) is 0 Å². The second-order valence-corrected chi connectivity index (χ2v) is 5.16. The molecule has 0 heterocycles. The number of ketones is 1. The van der Waals surface area contributed by atoms with E-state index >= 15 is 0 Å². The first-order valence-corrected chi connectivity index (χ1v) is 6.79. The third-order valence-electron chi connectivity index (χ3n) is 3.29. The van der Waals surface area contributed by atoms with Crippen molar-refractivity contribution >= 4 is 22.6 Å². The molecule has 0 atom stereocenters. The zero-order valence-corrected chi connectivity index (χ0v) is 12.4. The molecular weight excluding hydrogens is 262 g/mol. The molecular formula is C18H17NO2. The lowest BCUT2D eigenvalue weighted by Crippen LogP contribution is -2.08. The molecule has 0 fully saturated rings. The smallest absolute Gasteiger partial charge is 0.175 e. The second kappa shape index (κ2) is 6.23. The molecule has 2 rings (SSSR count). The van der Waals surface area contributed by atoms with Crippen LogP contribution in [0.25, 0.3) is 16.8 Å². The van der Waals surface area contributed by atoms with Crippen LogP contribution >= 0.6 is 0 Å². The summed E-state index contributed by atoms with van der Waals surface area (Å²) in [7, 11) is 1.63. The van der Waals surface area contributed by atoms with E-state index in [9.17, 15) is 4.79 Å². The van der Waals surface area contributed by atoms with Gasteiger partial charge in [-0.05, 0) is 40.6 Å². The van der Waals surface area contributed by atoms with E-state index in [1.54, 1.807) is 27.0 Å². The van der Waals surface area contributed by atoms with Gasteiger partial charge in [0.1, 0.15) is 11.8 Å². The number of hydrogen-bond donors (Lipinski definition) is 0. The van der Waals surface area contributed by atoms with E-state index in [0.717, 1.165) is 22.1 Å². The minimum Gasteiger partial charge on any atom is -0.497 e. The zero-order valence-electron chi connectivity index (χ0n) is 12.4. The lowest BCUT2D eigenvalue weighted by molar-refractivity contribution is -0.117. The SMILES string of the molecule is COc1ccc2cc(/C=C(\C#N)C(=O)C(C)C)ccc2c1. The predicted octanol–water partition coefficient (Wildman–Crippen LogP) is 3.98. The molecule has 2 aromatic carbocycles. The number of methoxy groups -OCH3 is 1. The van der Waals surface area contributed by atoms with E-state index in [1.807, 2.05) is 42.5 Å². The molecule has 106 valence electrons. The largest absolute Gasteiger partial charge is 0.497 e. The molecule has 0 N–H and O–H groups in total. The zero-order chi connectivity index (χ0) is 15.4. The molecule has 0 saturated heterocycles. The van der Waals surface area contributed by atoms with Crippen molar-refractivity contribution in [1.82, 2.24) is 0 Å². The third-order valence-corrected chi connectivity index (χ3v) is 3.29. The number of Topliss-reactive ketones (excluding diaryl/α,β-unsaturated/α-hetero) is 1. The molecule has 0 aliphatic heterocycles. The average Bonchev–Trinajstić information content (AvgIpc) is 2.51. The Bertz CT molecular complexity index is 751. The first-order valence-electron chi connectivity index (χ1n) is 6.79. The van der Waals surface area contributed by atoms with Gasteiger partial charge in [-0.1, -0.05) is 32.0 Å². The van der Waals surface area contributed by atoms with Crippen LogP contribution in [0.4, 0.5) is 0 Å². The van der Waals surface area contributed by atoms with Crippen LogP contribution in [-0.4, -0.2) is 12.9 Å². The minimum absolute atomic E-state index is 0.132. The molecule has 0 aliphatic rings. The monoisotopic (exact) mass is 279 g/mol. The van der Waals surface area contributed by atoms with Crippen molar-refractivity contribution in [2.24, 2.45) is 5.92 Å². The molecule has 3 nitrogen and oxygen atoms in total. The van der Waals surface area contributed by atoms with Crippen LogP contribution in [-0.2, 0) is 4.79 Å². The van der Waals surface area contributed by atoms with Gasteiger partial charge in [-0.15, -0.1) is 0 Å². The number of ether oxygens (including phenoxy) is 1. The maximum Gasteiger partial charge on any atom is 0.175 e. The Morgan fingerprint density at radius 2 is 1.86 bits per heavy atom. The summed E-state index contributed by atoms with van der Waals surface area (Å²) < 4.78 is 5.19. The van der Waals surface area contributed by atoms with Crippen molar-refractivity contribution in [3.8, 4) is 11.8 Å². The van der Waals surface area contributed by atoms with Crippen molar-refractivity contribution in [3.63, 3.8) is 0 Å². The second-order valence-electron chi connectivity index (χ2n) is 5.16. The molecule has 0 saturated carbocycles. The minimum atomic E-state index is -0.180. The summed E-state index contributed by atoms with van der Waals surface area (Å²) >= 11 is 0. The van der Waals surface area contributed by atoms with Crippen LogP contribution in [0.1, 0.15) is 19.4 Å². The quantitative estimate of drug-likeness (QED) is 0.628. The normalized spacial score (nSPS) is 11.5. The van der Waals surface area contributed by atoms with E-state index in [2.05, 4.69) is 0 Å².